The van der Waals surface area contributed by atoms with E-state index in [0.717, 1.165) is 29.1 Å². The molecule has 1 saturated carbocycles. The van der Waals surface area contributed by atoms with Crippen molar-refractivity contribution < 1.29 is 4.79 Å². The zero-order valence-electron chi connectivity index (χ0n) is 11.5. The fourth-order valence-electron chi connectivity index (χ4n) is 2.76. The minimum absolute atomic E-state index is 0.101. The second-order valence-corrected chi connectivity index (χ2v) is 7.10. The van der Waals surface area contributed by atoms with Crippen molar-refractivity contribution in [2.24, 2.45) is 11.8 Å². The number of nitrogens with one attached hydrogen (secondary N) is 1. The Morgan fingerprint density at radius 3 is 2.74 bits per heavy atom. The van der Waals surface area contributed by atoms with Gasteiger partial charge in [-0.15, -0.1) is 11.3 Å². The molecule has 1 N–H and O–H groups in total. The van der Waals surface area contributed by atoms with Gasteiger partial charge in [0.05, 0.1) is 4.88 Å². The van der Waals surface area contributed by atoms with Gasteiger partial charge in [-0.05, 0) is 43.2 Å². The van der Waals surface area contributed by atoms with Gasteiger partial charge in [0, 0.05) is 16.8 Å². The van der Waals surface area contributed by atoms with Crippen LogP contribution in [0.3, 0.4) is 0 Å². The molecule has 2 unspecified atom stereocenters. The maximum absolute atomic E-state index is 12.1. The molecule has 2 atom stereocenters. The Morgan fingerprint density at radius 2 is 2.11 bits per heavy atom. The Bertz CT molecular complexity index is 418. The van der Waals surface area contributed by atoms with Gasteiger partial charge in [-0.3, -0.25) is 4.79 Å². The maximum Gasteiger partial charge on any atom is 0.261 e. The Hall–Kier alpha value is -0.350. The van der Waals surface area contributed by atoms with Gasteiger partial charge in [0.1, 0.15) is 0 Å². The molecule has 1 aliphatic rings. The molecule has 2 rings (SSSR count). The first-order valence-corrected chi connectivity index (χ1v) is 9.11. The third-order valence-corrected chi connectivity index (χ3v) is 6.08. The first-order valence-electron chi connectivity index (χ1n) is 7.17. The van der Waals surface area contributed by atoms with Crippen molar-refractivity contribution in [2.45, 2.75) is 39.0 Å². The fraction of sp³-hybridized carbons (Fsp3) is 0.667. The van der Waals surface area contributed by atoms with Crippen LogP contribution in [0.4, 0.5) is 0 Å². The van der Waals surface area contributed by atoms with Gasteiger partial charge in [0.25, 0.3) is 5.91 Å². The van der Waals surface area contributed by atoms with Gasteiger partial charge in [-0.1, -0.05) is 35.7 Å². The number of aryl methyl sites for hydroxylation is 1. The monoisotopic (exact) mass is 343 g/mol. The lowest BCUT2D eigenvalue weighted by atomic mass is 9.80. The molecule has 1 aliphatic carbocycles. The standard InChI is InChI=1S/C15H22BrNOS/c1-2-13-7-8-14(19-13)15(18)17-10-12-6-4-3-5-11(12)9-16/h7-8,11-12H,2-6,9-10H2,1H3,(H,17,18). The first kappa shape index (κ1) is 15.0. The van der Waals surface area contributed by atoms with E-state index in [1.165, 1.54) is 30.6 Å². The van der Waals surface area contributed by atoms with Crippen LogP contribution in [0, 0.1) is 11.8 Å². The lowest BCUT2D eigenvalue weighted by molar-refractivity contribution is 0.0941. The number of hydrogen-bond acceptors (Lipinski definition) is 2. The summed E-state index contributed by atoms with van der Waals surface area (Å²) >= 11 is 5.22. The summed E-state index contributed by atoms with van der Waals surface area (Å²) in [7, 11) is 0. The zero-order valence-corrected chi connectivity index (χ0v) is 13.9. The van der Waals surface area contributed by atoms with Crippen LogP contribution in [0.15, 0.2) is 12.1 Å². The van der Waals surface area contributed by atoms with E-state index < -0.39 is 0 Å². The number of carbonyl (C=O) groups is 1. The average Bonchev–Trinajstić information content (AvgIpc) is 2.94. The molecule has 1 fully saturated rings. The van der Waals surface area contributed by atoms with Crippen LogP contribution in [0.2, 0.25) is 0 Å². The summed E-state index contributed by atoms with van der Waals surface area (Å²) in [6.45, 7) is 2.95. The number of amides is 1. The van der Waals surface area contributed by atoms with E-state index >= 15 is 0 Å². The molecule has 2 nitrogen and oxygen atoms in total. The van der Waals surface area contributed by atoms with Gasteiger partial charge in [0.15, 0.2) is 0 Å². The van der Waals surface area contributed by atoms with Crippen LogP contribution in [0.25, 0.3) is 0 Å². The third-order valence-electron chi connectivity index (χ3n) is 4.02. The van der Waals surface area contributed by atoms with E-state index in [1.807, 2.05) is 6.07 Å². The Balaban J connectivity index is 1.85. The highest BCUT2D eigenvalue weighted by Crippen LogP contribution is 2.30. The van der Waals surface area contributed by atoms with Crippen molar-refractivity contribution in [2.75, 3.05) is 11.9 Å². The first-order chi connectivity index (χ1) is 9.24. The van der Waals surface area contributed by atoms with Gasteiger partial charge in [-0.2, -0.15) is 0 Å². The molecule has 1 amide bonds. The Labute approximate surface area is 128 Å². The molecule has 0 aliphatic heterocycles. The molecular formula is C15H22BrNOS. The van der Waals surface area contributed by atoms with E-state index in [4.69, 9.17) is 0 Å². The quantitative estimate of drug-likeness (QED) is 0.796. The van der Waals surface area contributed by atoms with Crippen molar-refractivity contribution in [1.82, 2.24) is 5.32 Å². The van der Waals surface area contributed by atoms with E-state index in [1.54, 1.807) is 11.3 Å². The molecule has 1 heterocycles. The molecule has 0 spiro atoms. The van der Waals surface area contributed by atoms with E-state index in [0.29, 0.717) is 5.92 Å². The molecule has 19 heavy (non-hydrogen) atoms. The van der Waals surface area contributed by atoms with Gasteiger partial charge in [-0.25, -0.2) is 0 Å². The van der Waals surface area contributed by atoms with E-state index in [9.17, 15) is 4.79 Å². The molecule has 0 radical (unpaired) electrons. The highest BCUT2D eigenvalue weighted by atomic mass is 79.9. The van der Waals surface area contributed by atoms with E-state index in [2.05, 4.69) is 34.2 Å². The molecule has 0 saturated heterocycles. The Morgan fingerprint density at radius 1 is 1.37 bits per heavy atom. The van der Waals surface area contributed by atoms with Gasteiger partial charge >= 0.3 is 0 Å². The summed E-state index contributed by atoms with van der Waals surface area (Å²) in [6.07, 6.45) is 6.20. The zero-order chi connectivity index (χ0) is 13.7. The van der Waals surface area contributed by atoms with Crippen molar-refractivity contribution in [3.05, 3.63) is 21.9 Å². The van der Waals surface area contributed by atoms with Crippen molar-refractivity contribution >= 4 is 33.2 Å². The maximum atomic E-state index is 12.1. The van der Waals surface area contributed by atoms with E-state index in [-0.39, 0.29) is 5.91 Å². The molecule has 0 bridgehead atoms. The summed E-state index contributed by atoms with van der Waals surface area (Å²) in [4.78, 5) is 14.2. The minimum atomic E-state index is 0.101. The third kappa shape index (κ3) is 4.06. The highest BCUT2D eigenvalue weighted by Gasteiger charge is 2.24. The normalized spacial score (nSPS) is 23.3. The number of hydrogen-bond donors (Lipinski definition) is 1. The number of carbonyl (C=O) groups excluding carboxylic acids is 1. The highest BCUT2D eigenvalue weighted by molar-refractivity contribution is 9.09. The topological polar surface area (TPSA) is 29.1 Å². The largest absolute Gasteiger partial charge is 0.351 e. The Kier molecular flexibility index (Phi) is 5.89. The van der Waals surface area contributed by atoms with Crippen molar-refractivity contribution in [1.29, 1.82) is 0 Å². The van der Waals surface area contributed by atoms with Crippen LogP contribution < -0.4 is 5.32 Å². The molecular weight excluding hydrogens is 322 g/mol. The minimum Gasteiger partial charge on any atom is -0.351 e. The van der Waals surface area contributed by atoms with Crippen LogP contribution in [0.1, 0.15) is 47.2 Å². The molecule has 4 heteroatoms. The smallest absolute Gasteiger partial charge is 0.261 e. The predicted molar refractivity (Wildman–Crippen MR) is 85.3 cm³/mol. The fourth-order valence-corrected chi connectivity index (χ4v) is 4.47. The molecule has 1 aromatic rings. The SMILES string of the molecule is CCc1ccc(C(=O)NCC2CCCCC2CBr)s1. The molecule has 1 aromatic heterocycles. The van der Waals surface area contributed by atoms with Crippen LogP contribution in [-0.2, 0) is 6.42 Å². The van der Waals surface area contributed by atoms with Gasteiger partial charge in [0.2, 0.25) is 0 Å². The predicted octanol–water partition coefficient (Wildman–Crippen LogP) is 4.24. The van der Waals surface area contributed by atoms with Crippen molar-refractivity contribution in [3.63, 3.8) is 0 Å². The summed E-state index contributed by atoms with van der Waals surface area (Å²) < 4.78 is 0. The summed E-state index contributed by atoms with van der Waals surface area (Å²) in [5.74, 6) is 1.47. The molecule has 106 valence electrons. The van der Waals surface area contributed by atoms with Crippen molar-refractivity contribution in [3.8, 4) is 0 Å². The number of alkyl halides is 1. The number of halogens is 1. The summed E-state index contributed by atoms with van der Waals surface area (Å²) in [6, 6.07) is 4.00. The van der Waals surface area contributed by atoms with Gasteiger partial charge < -0.3 is 5.32 Å². The van der Waals surface area contributed by atoms with Crippen LogP contribution >= 0.6 is 27.3 Å². The lowest BCUT2D eigenvalue weighted by Crippen LogP contribution is -2.34. The van der Waals surface area contributed by atoms with Crippen LogP contribution in [-0.4, -0.2) is 17.8 Å². The second kappa shape index (κ2) is 7.44. The summed E-state index contributed by atoms with van der Waals surface area (Å²) in [5.41, 5.74) is 0. The second-order valence-electron chi connectivity index (χ2n) is 5.29. The average molecular weight is 344 g/mol. The number of rotatable bonds is 5. The lowest BCUT2D eigenvalue weighted by Gasteiger charge is -2.30. The van der Waals surface area contributed by atoms with Crippen LogP contribution in [0.5, 0.6) is 0 Å². The summed E-state index contributed by atoms with van der Waals surface area (Å²) in [5, 5.41) is 4.18. The number of thiophene rings is 1. The molecule has 0 aromatic carbocycles.